The molecule has 0 radical (unpaired) electrons. The van der Waals surface area contributed by atoms with Crippen LogP contribution in [0.15, 0.2) is 465 Å². The van der Waals surface area contributed by atoms with Crippen LogP contribution in [0.25, 0.3) is 133 Å². The first kappa shape index (κ1) is 87.3. The van der Waals surface area contributed by atoms with Crippen molar-refractivity contribution in [2.45, 2.75) is 109 Å². The summed E-state index contributed by atoms with van der Waals surface area (Å²) in [5, 5.41) is 7.36. The fraction of sp³-hybridized carbons (Fsp3) is 0.168. The molecule has 0 spiro atoms. The Morgan fingerprint density at radius 1 is 0.210 bits per heavy atom. The Kier molecular flexibility index (Phi) is 22.9. The molecule has 6 aliphatic rings. The third-order valence-electron chi connectivity index (χ3n) is 33.1. The highest BCUT2D eigenvalue weighted by Crippen LogP contribution is 2.57. The zero-order chi connectivity index (χ0) is 95.0. The van der Waals surface area contributed by atoms with Crippen molar-refractivity contribution in [2.24, 2.45) is 35.5 Å². The van der Waals surface area contributed by atoms with E-state index in [1.807, 2.05) is 6.07 Å². The average molecular weight is 1850 g/mol. The first-order valence-corrected chi connectivity index (χ1v) is 52.1. The lowest BCUT2D eigenvalue weighted by molar-refractivity contribution is 0.420. The first-order chi connectivity index (χ1) is 70.6. The maximum Gasteiger partial charge on any atom is 0.135 e. The van der Waals surface area contributed by atoms with E-state index < -0.39 is 0 Å². The van der Waals surface area contributed by atoms with Gasteiger partial charge in [0.25, 0.3) is 0 Å². The molecule has 6 aliphatic carbocycles. The molecule has 28 rings (SSSR count). The number of hydrogen-bond acceptors (Lipinski definition) is 4. The summed E-state index contributed by atoms with van der Waals surface area (Å²) in [6.07, 6.45) is 16.9. The number of benzene rings is 19. The normalized spacial score (nSPS) is 18.6. The van der Waals surface area contributed by atoms with Gasteiger partial charge in [0.1, 0.15) is 11.2 Å². The van der Waals surface area contributed by atoms with E-state index in [0.29, 0.717) is 0 Å². The van der Waals surface area contributed by atoms with Crippen molar-refractivity contribution in [2.75, 3.05) is 14.7 Å². The monoisotopic (exact) mass is 1850 g/mol. The summed E-state index contributed by atoms with van der Waals surface area (Å²) in [5.41, 5.74) is 39.0. The van der Waals surface area contributed by atoms with Crippen LogP contribution in [0.5, 0.6) is 0 Å². The van der Waals surface area contributed by atoms with E-state index in [2.05, 4.69) is 493 Å². The number of aryl methyl sites for hydroxylation is 2. The predicted octanol–water partition coefficient (Wildman–Crippen LogP) is 38.2. The van der Waals surface area contributed by atoms with Crippen LogP contribution >= 0.6 is 0 Å². The zero-order valence-electron chi connectivity index (χ0n) is 81.2. The second kappa shape index (κ2) is 37.5. The molecule has 0 amide bonds. The second-order valence-electron chi connectivity index (χ2n) is 41.5. The third-order valence-corrected chi connectivity index (χ3v) is 33.1. The average Bonchev–Trinajstić information content (AvgIpc) is 1.62. The molecule has 9 unspecified atom stereocenters. The minimum absolute atomic E-state index is 0.722. The SMILES string of the molecule is Cc1cccc(-c2ccc(N(c3ccc(C4CC5CCC4C5)cc3)c3ccc4oc5ccccc5c4c3)cc2C)c1.c1ccc(-c2ccc(-c3ccc(N(c4ccc(C5CC6CCC5C6)cc4)c4ccc5c(c4)c4ccccc4n5-c4ccccc4)cc3)cc2)cc1.c1ccc(-c2ccc(N(c3ccc(-c4ccc5c(c4)c4ccccc4n5-c4ccccc4)cc3)c3ccc(C4CC5CCC4C5)cc3)cc2)cc1. The summed E-state index contributed by atoms with van der Waals surface area (Å²) >= 11 is 0. The van der Waals surface area contributed by atoms with Gasteiger partial charge in [0.2, 0.25) is 0 Å². The minimum atomic E-state index is 0.722. The van der Waals surface area contributed by atoms with Gasteiger partial charge in [-0.25, -0.2) is 0 Å². The summed E-state index contributed by atoms with van der Waals surface area (Å²) in [4.78, 5) is 7.24. The van der Waals surface area contributed by atoms with Crippen molar-refractivity contribution in [3.63, 3.8) is 0 Å². The largest absolute Gasteiger partial charge is 0.456 e. The molecule has 19 aromatic carbocycles. The number of rotatable bonds is 19. The molecule has 6 saturated carbocycles. The Bertz CT molecular complexity index is 8380. The molecular weight excluding hydrogens is 1730 g/mol. The standard InChI is InChI=1S/2C49H40N2.C39H35NO/c1-3-9-35(10-4-1)36-17-24-42(25-18-36)50(44-28-21-38(22-29-44)46-32-34-15-16-40(46)31-34)43-26-19-37(20-27-43)39-23-30-49-47(33-39)45-13-7-8-14-48(45)51(49)41-11-5-2-6-12-41;1-3-9-35(10-4-1)36-17-19-37(20-18-36)38-21-25-42(26-22-38)50(43-27-23-39(24-28-43)46-32-34-15-16-40(46)31-34)44-29-30-49-47(33-44)45-13-7-8-14-48(45)51(49)41-11-5-2-6-12-41;1-25-6-5-7-29(20-25)34-18-16-32(21-26(34)2)40(31-14-12-28(13-15-31)36-23-27-10-11-30(36)22-27)33-17-19-39-37(24-33)35-8-3-4-9-38(35)41-39/h2*1-14,17-30,33-34,40,46H,15-16,31-32H2;3-9,12-21,24,27,30,36H,10-11,22-23H2,1-2H3. The molecule has 6 bridgehead atoms. The summed E-state index contributed by atoms with van der Waals surface area (Å²) in [6.45, 7) is 4.38. The van der Waals surface area contributed by atoms with Crippen molar-refractivity contribution in [3.05, 3.63) is 489 Å². The van der Waals surface area contributed by atoms with Crippen LogP contribution in [-0.2, 0) is 0 Å². The maximum absolute atomic E-state index is 6.17. The number of hydrogen-bond donors (Lipinski definition) is 0. The van der Waals surface area contributed by atoms with Crippen molar-refractivity contribution in [1.29, 1.82) is 0 Å². The predicted molar refractivity (Wildman–Crippen MR) is 601 cm³/mol. The minimum Gasteiger partial charge on any atom is -0.456 e. The number of para-hydroxylation sites is 5. The smallest absolute Gasteiger partial charge is 0.135 e. The Morgan fingerprint density at radius 2 is 0.524 bits per heavy atom. The number of furan rings is 1. The lowest BCUT2D eigenvalue weighted by atomic mass is 9.83. The molecule has 6 heteroatoms. The van der Waals surface area contributed by atoms with Gasteiger partial charge in [-0.05, 0) is 379 Å². The van der Waals surface area contributed by atoms with Gasteiger partial charge < -0.3 is 28.3 Å². The van der Waals surface area contributed by atoms with Gasteiger partial charge in [-0.2, -0.15) is 0 Å². The van der Waals surface area contributed by atoms with Crippen LogP contribution in [-0.4, -0.2) is 9.13 Å². The first-order valence-electron chi connectivity index (χ1n) is 52.1. The Labute approximate surface area is 839 Å². The fourth-order valence-corrected chi connectivity index (χ4v) is 26.2. The van der Waals surface area contributed by atoms with Gasteiger partial charge in [-0.3, -0.25) is 0 Å². The molecule has 0 N–H and O–H groups in total. The number of nitrogens with zero attached hydrogens (tertiary/aromatic N) is 5. The molecule has 3 heterocycles. The molecule has 694 valence electrons. The molecular formula is C137H115N5O. The van der Waals surface area contributed by atoms with E-state index in [4.69, 9.17) is 4.42 Å². The van der Waals surface area contributed by atoms with Gasteiger partial charge in [0.05, 0.1) is 22.1 Å². The van der Waals surface area contributed by atoms with Crippen LogP contribution in [0.1, 0.15) is 123 Å². The second-order valence-corrected chi connectivity index (χ2v) is 41.5. The lowest BCUT2D eigenvalue weighted by Gasteiger charge is -2.28. The molecule has 22 aromatic rings. The van der Waals surface area contributed by atoms with E-state index in [-0.39, 0.29) is 0 Å². The van der Waals surface area contributed by atoms with Gasteiger partial charge in [0.15, 0.2) is 0 Å². The Morgan fingerprint density at radius 3 is 0.958 bits per heavy atom. The lowest BCUT2D eigenvalue weighted by Crippen LogP contribution is -2.12. The number of aromatic nitrogens is 2. The van der Waals surface area contributed by atoms with Gasteiger partial charge in [-0.15, -0.1) is 0 Å². The fourth-order valence-electron chi connectivity index (χ4n) is 26.2. The Hall–Kier alpha value is -16.0. The number of anilines is 9. The summed E-state index contributed by atoms with van der Waals surface area (Å²) in [6, 6.07) is 169. The van der Waals surface area contributed by atoms with Crippen molar-refractivity contribution < 1.29 is 4.42 Å². The number of fused-ring (bicyclic) bond motifs is 15. The van der Waals surface area contributed by atoms with E-state index in [9.17, 15) is 0 Å². The molecule has 0 aliphatic heterocycles. The highest BCUT2D eigenvalue weighted by molar-refractivity contribution is 6.12. The van der Waals surface area contributed by atoms with Crippen molar-refractivity contribution in [3.8, 4) is 67.0 Å². The van der Waals surface area contributed by atoms with E-state index in [1.54, 1.807) is 0 Å². The van der Waals surface area contributed by atoms with Gasteiger partial charge in [-0.1, -0.05) is 310 Å². The maximum atomic E-state index is 6.17. The topological polar surface area (TPSA) is 32.7 Å². The molecule has 6 fully saturated rings. The highest BCUT2D eigenvalue weighted by atomic mass is 16.3. The molecule has 3 aromatic heterocycles. The van der Waals surface area contributed by atoms with Crippen LogP contribution in [0.2, 0.25) is 0 Å². The van der Waals surface area contributed by atoms with Crippen LogP contribution in [0.4, 0.5) is 51.2 Å². The molecule has 9 atom stereocenters. The van der Waals surface area contributed by atoms with Crippen molar-refractivity contribution in [1.82, 2.24) is 9.13 Å². The molecule has 6 nitrogen and oxygen atoms in total. The highest BCUT2D eigenvalue weighted by Gasteiger charge is 2.43. The Balaban J connectivity index is 0.000000110. The van der Waals surface area contributed by atoms with Crippen LogP contribution in [0.3, 0.4) is 0 Å². The molecule has 143 heavy (non-hydrogen) atoms. The van der Waals surface area contributed by atoms with Crippen LogP contribution < -0.4 is 14.7 Å². The van der Waals surface area contributed by atoms with Gasteiger partial charge >= 0.3 is 0 Å². The van der Waals surface area contributed by atoms with Crippen LogP contribution in [0, 0.1) is 49.4 Å². The summed E-state index contributed by atoms with van der Waals surface area (Å²) < 4.78 is 10.9. The summed E-state index contributed by atoms with van der Waals surface area (Å²) in [5.74, 6) is 7.66. The van der Waals surface area contributed by atoms with Crippen molar-refractivity contribution >= 4 is 117 Å². The summed E-state index contributed by atoms with van der Waals surface area (Å²) in [7, 11) is 0. The zero-order valence-corrected chi connectivity index (χ0v) is 81.2. The molecule has 0 saturated heterocycles. The van der Waals surface area contributed by atoms with E-state index in [1.165, 1.54) is 238 Å². The third kappa shape index (κ3) is 16.8. The van der Waals surface area contributed by atoms with Gasteiger partial charge in [0, 0.05) is 94.9 Å². The van der Waals surface area contributed by atoms with E-state index >= 15 is 0 Å². The quantitative estimate of drug-likeness (QED) is 0.0808. The van der Waals surface area contributed by atoms with E-state index in [0.717, 1.165) is 104 Å².